The predicted octanol–water partition coefficient (Wildman–Crippen LogP) is 3.14. The molecule has 0 aliphatic rings. The SMILES string of the molecule is COc1ccc(N=Cc2c(C)[nH]n(-c3ccccc3)c2=O)c([N+](=O)[O-])c1. The minimum Gasteiger partial charge on any atom is -0.496 e. The Morgan fingerprint density at radius 3 is 2.62 bits per heavy atom. The molecule has 0 amide bonds. The van der Waals surface area contributed by atoms with Gasteiger partial charge in [-0.2, -0.15) is 0 Å². The van der Waals surface area contributed by atoms with E-state index in [0.29, 0.717) is 22.7 Å². The van der Waals surface area contributed by atoms with Gasteiger partial charge in [0, 0.05) is 11.9 Å². The zero-order valence-corrected chi connectivity index (χ0v) is 14.2. The van der Waals surface area contributed by atoms with Crippen molar-refractivity contribution in [3.63, 3.8) is 0 Å². The molecule has 0 saturated carbocycles. The van der Waals surface area contributed by atoms with Gasteiger partial charge in [0.1, 0.15) is 11.4 Å². The quantitative estimate of drug-likeness (QED) is 0.433. The number of H-pyrrole nitrogens is 1. The van der Waals surface area contributed by atoms with E-state index in [1.807, 2.05) is 18.2 Å². The number of nitro benzene ring substituents is 1. The number of aromatic amines is 1. The molecular weight excluding hydrogens is 336 g/mol. The van der Waals surface area contributed by atoms with Crippen molar-refractivity contribution in [2.75, 3.05) is 7.11 Å². The first kappa shape index (κ1) is 17.2. The van der Waals surface area contributed by atoms with E-state index >= 15 is 0 Å². The molecule has 1 N–H and O–H groups in total. The number of ether oxygens (including phenoxy) is 1. The molecule has 8 nitrogen and oxygen atoms in total. The largest absolute Gasteiger partial charge is 0.496 e. The van der Waals surface area contributed by atoms with Crippen LogP contribution in [0.4, 0.5) is 11.4 Å². The van der Waals surface area contributed by atoms with Crippen LogP contribution in [-0.4, -0.2) is 28.0 Å². The number of rotatable bonds is 5. The molecule has 0 fully saturated rings. The van der Waals surface area contributed by atoms with Gasteiger partial charge in [-0.15, -0.1) is 0 Å². The molecule has 0 radical (unpaired) electrons. The van der Waals surface area contributed by atoms with Gasteiger partial charge in [0.25, 0.3) is 11.2 Å². The average Bonchev–Trinajstić information content (AvgIpc) is 2.94. The van der Waals surface area contributed by atoms with Gasteiger partial charge in [0.2, 0.25) is 0 Å². The number of hydrogen-bond donors (Lipinski definition) is 1. The maximum Gasteiger partial charge on any atom is 0.298 e. The van der Waals surface area contributed by atoms with E-state index in [1.54, 1.807) is 25.1 Å². The van der Waals surface area contributed by atoms with Crippen LogP contribution in [0.2, 0.25) is 0 Å². The molecule has 132 valence electrons. The van der Waals surface area contributed by atoms with Crippen molar-refractivity contribution in [3.05, 3.63) is 80.3 Å². The van der Waals surface area contributed by atoms with Gasteiger partial charge >= 0.3 is 0 Å². The summed E-state index contributed by atoms with van der Waals surface area (Å²) in [7, 11) is 1.43. The Morgan fingerprint density at radius 1 is 1.23 bits per heavy atom. The minimum absolute atomic E-state index is 0.141. The highest BCUT2D eigenvalue weighted by atomic mass is 16.6. The molecule has 1 heterocycles. The smallest absolute Gasteiger partial charge is 0.298 e. The van der Waals surface area contributed by atoms with Gasteiger partial charge in [0.15, 0.2) is 0 Å². The third-order valence-electron chi connectivity index (χ3n) is 3.84. The lowest BCUT2D eigenvalue weighted by atomic mass is 10.2. The van der Waals surface area contributed by atoms with Crippen molar-refractivity contribution in [2.45, 2.75) is 6.92 Å². The Balaban J connectivity index is 2.01. The van der Waals surface area contributed by atoms with E-state index in [2.05, 4.69) is 10.1 Å². The minimum atomic E-state index is -0.540. The second-order valence-electron chi connectivity index (χ2n) is 5.50. The van der Waals surface area contributed by atoms with Gasteiger partial charge in [-0.05, 0) is 31.2 Å². The van der Waals surface area contributed by atoms with Crippen molar-refractivity contribution in [1.29, 1.82) is 0 Å². The highest BCUT2D eigenvalue weighted by Crippen LogP contribution is 2.31. The molecule has 1 aromatic heterocycles. The van der Waals surface area contributed by atoms with E-state index in [-0.39, 0.29) is 16.9 Å². The maximum absolute atomic E-state index is 12.6. The zero-order valence-electron chi connectivity index (χ0n) is 14.2. The molecule has 0 spiro atoms. The summed E-state index contributed by atoms with van der Waals surface area (Å²) in [6.07, 6.45) is 1.34. The molecule has 0 bridgehead atoms. The lowest BCUT2D eigenvalue weighted by Gasteiger charge is -2.01. The number of aromatic nitrogens is 2. The summed E-state index contributed by atoms with van der Waals surface area (Å²) < 4.78 is 6.40. The Hall–Kier alpha value is -3.68. The fourth-order valence-corrected chi connectivity index (χ4v) is 2.49. The monoisotopic (exact) mass is 352 g/mol. The Morgan fingerprint density at radius 2 is 1.96 bits per heavy atom. The fraction of sp³-hybridized carbons (Fsp3) is 0.111. The molecule has 0 aliphatic heterocycles. The molecule has 26 heavy (non-hydrogen) atoms. The first-order valence-electron chi connectivity index (χ1n) is 7.75. The molecule has 0 saturated heterocycles. The summed E-state index contributed by atoms with van der Waals surface area (Å²) >= 11 is 0. The zero-order chi connectivity index (χ0) is 18.7. The van der Waals surface area contributed by atoms with Crippen LogP contribution in [0.1, 0.15) is 11.3 Å². The standard InChI is InChI=1S/C18H16N4O4/c1-12-15(18(23)21(20-12)13-6-4-3-5-7-13)11-19-16-9-8-14(26-2)10-17(16)22(24)25/h3-11,20H,1-2H3. The van der Waals surface area contributed by atoms with Gasteiger partial charge in [-0.25, -0.2) is 9.67 Å². The van der Waals surface area contributed by atoms with Crippen molar-refractivity contribution in [2.24, 2.45) is 4.99 Å². The number of benzene rings is 2. The third-order valence-corrected chi connectivity index (χ3v) is 3.84. The normalized spacial score (nSPS) is 11.0. The second kappa shape index (κ2) is 7.06. The lowest BCUT2D eigenvalue weighted by molar-refractivity contribution is -0.384. The van der Waals surface area contributed by atoms with Crippen molar-refractivity contribution < 1.29 is 9.66 Å². The van der Waals surface area contributed by atoms with E-state index in [1.165, 1.54) is 30.1 Å². The van der Waals surface area contributed by atoms with Crippen LogP contribution >= 0.6 is 0 Å². The van der Waals surface area contributed by atoms with Crippen LogP contribution in [0.25, 0.3) is 5.69 Å². The van der Waals surface area contributed by atoms with Gasteiger partial charge in [0.05, 0.1) is 29.4 Å². The lowest BCUT2D eigenvalue weighted by Crippen LogP contribution is -2.17. The molecule has 0 aliphatic carbocycles. The topological polar surface area (TPSA) is 103 Å². The van der Waals surface area contributed by atoms with Crippen LogP contribution in [0.15, 0.2) is 58.3 Å². The van der Waals surface area contributed by atoms with Gasteiger partial charge in [-0.1, -0.05) is 18.2 Å². The summed E-state index contributed by atoms with van der Waals surface area (Å²) in [4.78, 5) is 27.5. The summed E-state index contributed by atoms with van der Waals surface area (Å²) in [5.74, 6) is 0.361. The van der Waals surface area contributed by atoms with Crippen molar-refractivity contribution in [3.8, 4) is 11.4 Å². The van der Waals surface area contributed by atoms with Crippen LogP contribution < -0.4 is 10.3 Å². The molecular formula is C18H16N4O4. The highest BCUT2D eigenvalue weighted by Gasteiger charge is 2.15. The van der Waals surface area contributed by atoms with Gasteiger partial charge in [-0.3, -0.25) is 20.0 Å². The number of nitro groups is 1. The third kappa shape index (κ3) is 3.25. The van der Waals surface area contributed by atoms with Crippen molar-refractivity contribution >= 4 is 17.6 Å². The molecule has 0 unspecified atom stereocenters. The summed E-state index contributed by atoms with van der Waals surface area (Å²) in [5.41, 5.74) is 1.29. The summed E-state index contributed by atoms with van der Waals surface area (Å²) in [6.45, 7) is 1.74. The second-order valence-corrected chi connectivity index (χ2v) is 5.50. The predicted molar refractivity (Wildman–Crippen MR) is 98.0 cm³/mol. The highest BCUT2D eigenvalue weighted by molar-refractivity contribution is 5.84. The van der Waals surface area contributed by atoms with Crippen LogP contribution in [0.5, 0.6) is 5.75 Å². The molecule has 2 aromatic carbocycles. The van der Waals surface area contributed by atoms with E-state index in [4.69, 9.17) is 4.74 Å². The Kier molecular flexibility index (Phi) is 4.66. The maximum atomic E-state index is 12.6. The number of aliphatic imine (C=N–C) groups is 1. The Bertz CT molecular complexity index is 1040. The number of nitrogens with one attached hydrogen (secondary N) is 1. The van der Waals surface area contributed by atoms with Crippen LogP contribution in [0.3, 0.4) is 0 Å². The van der Waals surface area contributed by atoms with Crippen molar-refractivity contribution in [1.82, 2.24) is 9.78 Å². The number of aryl methyl sites for hydroxylation is 1. The average molecular weight is 352 g/mol. The molecule has 8 heteroatoms. The first-order chi connectivity index (χ1) is 12.5. The van der Waals surface area contributed by atoms with Crippen LogP contribution in [0, 0.1) is 17.0 Å². The fourth-order valence-electron chi connectivity index (χ4n) is 2.49. The number of methoxy groups -OCH3 is 1. The summed E-state index contributed by atoms with van der Waals surface area (Å²) in [6, 6.07) is 13.4. The molecule has 3 rings (SSSR count). The Labute approximate surface area is 148 Å². The number of hydrogen-bond acceptors (Lipinski definition) is 5. The van der Waals surface area contributed by atoms with E-state index < -0.39 is 4.92 Å². The number of nitrogens with zero attached hydrogens (tertiary/aromatic N) is 3. The van der Waals surface area contributed by atoms with E-state index in [9.17, 15) is 14.9 Å². The van der Waals surface area contributed by atoms with Crippen LogP contribution in [-0.2, 0) is 0 Å². The molecule has 3 aromatic rings. The first-order valence-corrected chi connectivity index (χ1v) is 7.75. The van der Waals surface area contributed by atoms with Gasteiger partial charge < -0.3 is 4.74 Å². The van der Waals surface area contributed by atoms with E-state index in [0.717, 1.165) is 0 Å². The number of para-hydroxylation sites is 1. The molecule has 0 atom stereocenters. The summed E-state index contributed by atoms with van der Waals surface area (Å²) in [5, 5.41) is 14.2.